The summed E-state index contributed by atoms with van der Waals surface area (Å²) < 4.78 is 46.2. The average Bonchev–Trinajstić information content (AvgIpc) is 2.93. The zero-order valence-electron chi connectivity index (χ0n) is 15.7. The topological polar surface area (TPSA) is 53.9 Å². The second-order valence-corrected chi connectivity index (χ2v) is 6.61. The van der Waals surface area contributed by atoms with Crippen LogP contribution in [0, 0.1) is 11.7 Å². The minimum Gasteiger partial charge on any atom is -0.497 e. The molecule has 2 aromatic carbocycles. The van der Waals surface area contributed by atoms with Crippen molar-refractivity contribution in [2.75, 3.05) is 24.0 Å². The molecule has 0 saturated heterocycles. The smallest absolute Gasteiger partial charge is 0.270 e. The highest BCUT2D eigenvalue weighted by Gasteiger charge is 2.35. The number of ether oxygens (including phenoxy) is 1. The van der Waals surface area contributed by atoms with Crippen molar-refractivity contribution in [3.05, 3.63) is 53.8 Å². The number of rotatable bonds is 6. The molecule has 0 spiro atoms. The summed E-state index contributed by atoms with van der Waals surface area (Å²) in [4.78, 5) is 12.7. The van der Waals surface area contributed by atoms with E-state index in [1.54, 1.807) is 19.1 Å². The standard InChI is InChI=1S/C20H20F3N3O2/c1-12-16(11-24-14-6-4-5-13(9-14)20(2,22)23)19(27)26(25-12)18-8-7-15(28-3)10-17(18)21/h4-10,16,24H,11H2,1-3H3. The van der Waals surface area contributed by atoms with Gasteiger partial charge in [-0.05, 0) is 31.2 Å². The van der Waals surface area contributed by atoms with Gasteiger partial charge in [-0.2, -0.15) is 10.1 Å². The third-order valence-electron chi connectivity index (χ3n) is 4.53. The minimum absolute atomic E-state index is 0.0280. The Morgan fingerprint density at radius 3 is 2.64 bits per heavy atom. The molecule has 0 bridgehead atoms. The molecule has 28 heavy (non-hydrogen) atoms. The number of hydrogen-bond acceptors (Lipinski definition) is 4. The second-order valence-electron chi connectivity index (χ2n) is 6.61. The molecular formula is C20H20F3N3O2. The number of benzene rings is 2. The summed E-state index contributed by atoms with van der Waals surface area (Å²) >= 11 is 0. The molecule has 0 aromatic heterocycles. The Morgan fingerprint density at radius 2 is 2.00 bits per heavy atom. The maximum atomic E-state index is 14.3. The Labute approximate surface area is 160 Å². The van der Waals surface area contributed by atoms with Crippen LogP contribution in [0.3, 0.4) is 0 Å². The van der Waals surface area contributed by atoms with Crippen molar-refractivity contribution >= 4 is 23.0 Å². The molecule has 0 radical (unpaired) electrons. The van der Waals surface area contributed by atoms with Gasteiger partial charge in [0, 0.05) is 30.8 Å². The summed E-state index contributed by atoms with van der Waals surface area (Å²) in [7, 11) is 1.42. The van der Waals surface area contributed by atoms with Gasteiger partial charge in [0.2, 0.25) is 0 Å². The molecule has 0 aliphatic carbocycles. The van der Waals surface area contributed by atoms with Gasteiger partial charge in [-0.3, -0.25) is 4.79 Å². The molecule has 1 aliphatic heterocycles. The van der Waals surface area contributed by atoms with E-state index in [1.165, 1.54) is 37.4 Å². The summed E-state index contributed by atoms with van der Waals surface area (Å²) in [6, 6.07) is 9.98. The van der Waals surface area contributed by atoms with Crippen LogP contribution in [0.25, 0.3) is 0 Å². The Balaban J connectivity index is 1.74. The molecular weight excluding hydrogens is 371 g/mol. The number of halogens is 3. The minimum atomic E-state index is -2.96. The van der Waals surface area contributed by atoms with E-state index in [2.05, 4.69) is 10.4 Å². The number of amides is 1. The van der Waals surface area contributed by atoms with Crippen molar-refractivity contribution in [2.24, 2.45) is 11.0 Å². The SMILES string of the molecule is COc1ccc(N2N=C(C)C(CNc3cccc(C(C)(F)F)c3)C2=O)c(F)c1. The molecule has 1 unspecified atom stereocenters. The maximum absolute atomic E-state index is 14.3. The van der Waals surface area contributed by atoms with Gasteiger partial charge in [0.25, 0.3) is 11.8 Å². The summed E-state index contributed by atoms with van der Waals surface area (Å²) in [5.41, 5.74) is 0.876. The van der Waals surface area contributed by atoms with E-state index in [0.717, 1.165) is 11.9 Å². The first kappa shape index (κ1) is 19.7. The van der Waals surface area contributed by atoms with Gasteiger partial charge in [0.15, 0.2) is 5.82 Å². The van der Waals surface area contributed by atoms with Crippen molar-refractivity contribution in [2.45, 2.75) is 19.8 Å². The third kappa shape index (κ3) is 3.95. The largest absolute Gasteiger partial charge is 0.497 e. The van der Waals surface area contributed by atoms with Gasteiger partial charge >= 0.3 is 0 Å². The number of hydrazone groups is 1. The lowest BCUT2D eigenvalue weighted by Gasteiger charge is -2.17. The molecule has 1 aliphatic rings. The molecule has 1 atom stereocenters. The van der Waals surface area contributed by atoms with Gasteiger partial charge < -0.3 is 10.1 Å². The predicted molar refractivity (Wildman–Crippen MR) is 102 cm³/mol. The Morgan fingerprint density at radius 1 is 1.25 bits per heavy atom. The van der Waals surface area contributed by atoms with Crippen molar-refractivity contribution in [1.82, 2.24) is 0 Å². The van der Waals surface area contributed by atoms with Gasteiger partial charge in [-0.25, -0.2) is 13.2 Å². The quantitative estimate of drug-likeness (QED) is 0.794. The van der Waals surface area contributed by atoms with Gasteiger partial charge in [0.05, 0.1) is 18.7 Å². The average molecular weight is 391 g/mol. The van der Waals surface area contributed by atoms with Crippen LogP contribution in [0.15, 0.2) is 47.6 Å². The number of nitrogens with one attached hydrogen (secondary N) is 1. The van der Waals surface area contributed by atoms with Crippen molar-refractivity contribution in [3.8, 4) is 5.75 Å². The molecule has 1 amide bonds. The van der Waals surface area contributed by atoms with E-state index in [1.807, 2.05) is 0 Å². The number of nitrogens with zero attached hydrogens (tertiary/aromatic N) is 2. The highest BCUT2D eigenvalue weighted by Crippen LogP contribution is 2.30. The number of carbonyl (C=O) groups is 1. The molecule has 3 rings (SSSR count). The summed E-state index contributed by atoms with van der Waals surface area (Å²) in [5.74, 6) is -4.28. The number of methoxy groups -OCH3 is 1. The fourth-order valence-electron chi connectivity index (χ4n) is 2.92. The zero-order chi connectivity index (χ0) is 20.5. The van der Waals surface area contributed by atoms with Crippen LogP contribution in [-0.4, -0.2) is 25.3 Å². The Hall–Kier alpha value is -3.03. The van der Waals surface area contributed by atoms with Crippen LogP contribution < -0.4 is 15.1 Å². The van der Waals surface area contributed by atoms with Crippen molar-refractivity contribution < 1.29 is 22.7 Å². The molecule has 148 valence electrons. The first-order valence-electron chi connectivity index (χ1n) is 8.65. The zero-order valence-corrected chi connectivity index (χ0v) is 15.7. The second kappa shape index (κ2) is 7.53. The van der Waals surface area contributed by atoms with E-state index < -0.39 is 23.6 Å². The molecule has 8 heteroatoms. The first-order valence-corrected chi connectivity index (χ1v) is 8.65. The van der Waals surface area contributed by atoms with Crippen LogP contribution in [0.5, 0.6) is 5.75 Å². The van der Waals surface area contributed by atoms with E-state index in [0.29, 0.717) is 17.1 Å². The van der Waals surface area contributed by atoms with E-state index in [4.69, 9.17) is 4.74 Å². The van der Waals surface area contributed by atoms with Crippen molar-refractivity contribution in [3.63, 3.8) is 0 Å². The summed E-state index contributed by atoms with van der Waals surface area (Å²) in [6.07, 6.45) is 0. The molecule has 0 saturated carbocycles. The highest BCUT2D eigenvalue weighted by molar-refractivity contribution is 6.15. The lowest BCUT2D eigenvalue weighted by Crippen LogP contribution is -2.32. The summed E-state index contributed by atoms with van der Waals surface area (Å²) in [6.45, 7) is 2.65. The van der Waals surface area contributed by atoms with Gasteiger partial charge in [-0.1, -0.05) is 12.1 Å². The molecule has 0 fully saturated rings. The number of alkyl halides is 2. The van der Waals surface area contributed by atoms with Crippen LogP contribution in [-0.2, 0) is 10.7 Å². The molecule has 1 N–H and O–H groups in total. The van der Waals surface area contributed by atoms with Crippen LogP contribution in [0.1, 0.15) is 19.4 Å². The van der Waals surface area contributed by atoms with Crippen LogP contribution in [0.4, 0.5) is 24.5 Å². The predicted octanol–water partition coefficient (Wildman–Crippen LogP) is 4.40. The molecule has 1 heterocycles. The fraction of sp³-hybridized carbons (Fsp3) is 0.300. The van der Waals surface area contributed by atoms with Gasteiger partial charge in [-0.15, -0.1) is 0 Å². The molecule has 5 nitrogen and oxygen atoms in total. The third-order valence-corrected chi connectivity index (χ3v) is 4.53. The van der Waals surface area contributed by atoms with E-state index in [9.17, 15) is 18.0 Å². The van der Waals surface area contributed by atoms with Crippen molar-refractivity contribution in [1.29, 1.82) is 0 Å². The number of carbonyl (C=O) groups excluding carboxylic acids is 1. The monoisotopic (exact) mass is 391 g/mol. The number of anilines is 2. The normalized spacial score (nSPS) is 16.9. The Bertz CT molecular complexity index is 925. The fourth-order valence-corrected chi connectivity index (χ4v) is 2.92. The summed E-state index contributed by atoms with van der Waals surface area (Å²) in [5, 5.41) is 8.18. The number of hydrogen-bond donors (Lipinski definition) is 1. The van der Waals surface area contributed by atoms with E-state index >= 15 is 0 Å². The lowest BCUT2D eigenvalue weighted by molar-refractivity contribution is -0.119. The van der Waals surface area contributed by atoms with E-state index in [-0.39, 0.29) is 17.8 Å². The lowest BCUT2D eigenvalue weighted by atomic mass is 10.0. The highest BCUT2D eigenvalue weighted by atomic mass is 19.3. The Kier molecular flexibility index (Phi) is 5.31. The first-order chi connectivity index (χ1) is 13.2. The van der Waals surface area contributed by atoms with Gasteiger partial charge in [0.1, 0.15) is 11.4 Å². The van der Waals surface area contributed by atoms with Crippen LogP contribution in [0.2, 0.25) is 0 Å². The van der Waals surface area contributed by atoms with Crippen LogP contribution >= 0.6 is 0 Å². The molecule has 2 aromatic rings. The maximum Gasteiger partial charge on any atom is 0.270 e.